The Morgan fingerprint density at radius 1 is 1.18 bits per heavy atom. The summed E-state index contributed by atoms with van der Waals surface area (Å²) in [7, 11) is -0.456. The van der Waals surface area contributed by atoms with Crippen molar-refractivity contribution in [3.63, 3.8) is 0 Å². The van der Waals surface area contributed by atoms with Crippen LogP contribution in [0.4, 0.5) is 5.69 Å². The SMILES string of the molecule is C=C(C)/C=C\C(O)=C(/C)NS(C)(=O)=O.CNCN(Cc1ccc(N2CCC(NCCO)CC2)cc1)SC=O.CO. The molecule has 228 valence electrons. The molecule has 0 radical (unpaired) electrons. The maximum absolute atomic E-state index is 10.8. The highest BCUT2D eigenvalue weighted by Gasteiger charge is 2.18. The second-order valence-corrected chi connectivity index (χ2v) is 11.7. The third kappa shape index (κ3) is 17.3. The summed E-state index contributed by atoms with van der Waals surface area (Å²) < 4.78 is 25.7. The Bertz CT molecular complexity index is 1020. The van der Waals surface area contributed by atoms with E-state index in [-0.39, 0.29) is 18.1 Å². The van der Waals surface area contributed by atoms with E-state index in [0.717, 1.165) is 57.0 Å². The minimum Gasteiger partial charge on any atom is -0.506 e. The molecule has 13 heteroatoms. The summed E-state index contributed by atoms with van der Waals surface area (Å²) in [5.41, 5.74) is 4.26. The van der Waals surface area contributed by atoms with Crippen LogP contribution < -0.4 is 20.3 Å². The number of hydrogen-bond acceptors (Lipinski definition) is 11. The van der Waals surface area contributed by atoms with Gasteiger partial charge in [-0.1, -0.05) is 30.4 Å². The van der Waals surface area contributed by atoms with Crippen LogP contribution in [0.5, 0.6) is 0 Å². The van der Waals surface area contributed by atoms with Crippen molar-refractivity contribution < 1.29 is 28.5 Å². The minimum absolute atomic E-state index is 0.126. The molecule has 1 aromatic carbocycles. The molecule has 0 spiro atoms. The van der Waals surface area contributed by atoms with Gasteiger partial charge in [0.2, 0.25) is 10.0 Å². The van der Waals surface area contributed by atoms with Crippen molar-refractivity contribution in [1.29, 1.82) is 0 Å². The van der Waals surface area contributed by atoms with E-state index in [1.165, 1.54) is 36.2 Å². The first-order chi connectivity index (χ1) is 19.0. The van der Waals surface area contributed by atoms with Gasteiger partial charge in [0, 0.05) is 45.0 Å². The number of piperidine rings is 1. The van der Waals surface area contributed by atoms with Gasteiger partial charge in [0.25, 0.3) is 0 Å². The Labute approximate surface area is 244 Å². The van der Waals surface area contributed by atoms with Gasteiger partial charge in [0.05, 0.1) is 25.2 Å². The normalized spacial score (nSPS) is 14.6. The molecule has 6 N–H and O–H groups in total. The molecular weight excluding hydrogens is 554 g/mol. The first-order valence-electron chi connectivity index (χ1n) is 12.8. The van der Waals surface area contributed by atoms with Crippen molar-refractivity contribution in [3.8, 4) is 0 Å². The van der Waals surface area contributed by atoms with E-state index in [1.807, 2.05) is 11.4 Å². The molecule has 2 rings (SSSR count). The highest BCUT2D eigenvalue weighted by Crippen LogP contribution is 2.22. The molecule has 1 fully saturated rings. The molecule has 0 amide bonds. The Hall–Kier alpha value is -2.39. The van der Waals surface area contributed by atoms with Gasteiger partial charge in [0.1, 0.15) is 5.76 Å². The predicted octanol–water partition coefficient (Wildman–Crippen LogP) is 2.12. The highest BCUT2D eigenvalue weighted by molar-refractivity contribution is 8.09. The van der Waals surface area contributed by atoms with Gasteiger partial charge in [-0.05, 0) is 69.5 Å². The van der Waals surface area contributed by atoms with E-state index in [2.05, 4.69) is 51.1 Å². The number of hydrogen-bond donors (Lipinski definition) is 6. The van der Waals surface area contributed by atoms with E-state index < -0.39 is 10.0 Å². The summed E-state index contributed by atoms with van der Waals surface area (Å²) in [5.74, 6) is -0.126. The van der Waals surface area contributed by atoms with Crippen LogP contribution in [0.15, 0.2) is 60.0 Å². The second kappa shape index (κ2) is 21.4. The number of nitrogens with zero attached hydrogens (tertiary/aromatic N) is 2. The predicted molar refractivity (Wildman–Crippen MR) is 166 cm³/mol. The molecule has 0 aliphatic carbocycles. The third-order valence-electron chi connectivity index (χ3n) is 5.48. The molecule has 0 atom stereocenters. The Balaban J connectivity index is 0.000000815. The number of anilines is 1. The Kier molecular flexibility index (Phi) is 20.1. The number of carbonyl (C=O) groups is 1. The topological polar surface area (TPSA) is 154 Å². The van der Waals surface area contributed by atoms with Gasteiger partial charge in [-0.15, -0.1) is 0 Å². The van der Waals surface area contributed by atoms with Gasteiger partial charge in [-0.2, -0.15) is 0 Å². The lowest BCUT2D eigenvalue weighted by Crippen LogP contribution is -2.43. The molecule has 0 aromatic heterocycles. The van der Waals surface area contributed by atoms with E-state index in [1.54, 1.807) is 13.0 Å². The zero-order valence-corrected chi connectivity index (χ0v) is 25.9. The number of carbonyl (C=O) groups excluding carboxylic acids is 1. The number of aliphatic hydroxyl groups excluding tert-OH is 3. The maximum Gasteiger partial charge on any atom is 0.229 e. The summed E-state index contributed by atoms with van der Waals surface area (Å²) in [4.78, 5) is 13.1. The molecule has 1 aliphatic rings. The van der Waals surface area contributed by atoms with Crippen molar-refractivity contribution in [1.82, 2.24) is 19.7 Å². The summed E-state index contributed by atoms with van der Waals surface area (Å²) in [6, 6.07) is 9.13. The number of aliphatic hydroxyl groups is 3. The third-order valence-corrected chi connectivity index (χ3v) is 6.79. The van der Waals surface area contributed by atoms with E-state index >= 15 is 0 Å². The van der Waals surface area contributed by atoms with Gasteiger partial charge in [-0.3, -0.25) is 9.52 Å². The van der Waals surface area contributed by atoms with Crippen molar-refractivity contribution in [3.05, 3.63) is 65.6 Å². The molecule has 40 heavy (non-hydrogen) atoms. The second-order valence-electron chi connectivity index (χ2n) is 9.02. The average Bonchev–Trinajstić information content (AvgIpc) is 2.92. The molecule has 0 unspecified atom stereocenters. The van der Waals surface area contributed by atoms with Crippen LogP contribution in [0.1, 0.15) is 32.3 Å². The lowest BCUT2D eigenvalue weighted by Gasteiger charge is -2.34. The number of benzene rings is 1. The molecule has 0 saturated carbocycles. The van der Waals surface area contributed by atoms with Crippen LogP contribution in [-0.2, 0) is 21.4 Å². The van der Waals surface area contributed by atoms with Gasteiger partial charge in [-0.25, -0.2) is 12.7 Å². The molecule has 1 aromatic rings. The lowest BCUT2D eigenvalue weighted by molar-refractivity contribution is 0.277. The summed E-state index contributed by atoms with van der Waals surface area (Å²) >= 11 is 1.19. The van der Waals surface area contributed by atoms with Crippen LogP contribution in [0.3, 0.4) is 0 Å². The lowest BCUT2D eigenvalue weighted by atomic mass is 10.0. The first-order valence-corrected chi connectivity index (χ1v) is 15.6. The Morgan fingerprint density at radius 2 is 1.77 bits per heavy atom. The molecule has 0 bridgehead atoms. The fraction of sp³-hybridized carbons (Fsp3) is 0.519. The van der Waals surface area contributed by atoms with Crippen molar-refractivity contribution in [2.45, 2.75) is 39.3 Å². The number of sulfonamides is 1. The number of nitrogens with one attached hydrogen (secondary N) is 3. The van der Waals surface area contributed by atoms with E-state index in [0.29, 0.717) is 19.3 Å². The molecule has 1 saturated heterocycles. The summed E-state index contributed by atoms with van der Waals surface area (Å²) in [6.07, 6.45) is 6.20. The van der Waals surface area contributed by atoms with Crippen molar-refractivity contribution in [2.24, 2.45) is 0 Å². The van der Waals surface area contributed by atoms with Crippen LogP contribution in [-0.4, -0.2) is 93.0 Å². The summed E-state index contributed by atoms with van der Waals surface area (Å²) in [5, 5.41) is 31.7. The molecule has 11 nitrogen and oxygen atoms in total. The largest absolute Gasteiger partial charge is 0.506 e. The monoisotopic (exact) mass is 601 g/mol. The fourth-order valence-corrected chi connectivity index (χ4v) is 4.88. The molecule has 1 aliphatic heterocycles. The standard InChI is InChI=1S/C17H28N4O2S.C9H15NO3S.CH4O/c1-18-13-21(24-14-23)12-15-2-4-17(5-3-15)20-9-6-16(7-10-20)19-8-11-22;1-7(2)5-6-9(11)8(3)10-14(4,12)13;1-2/h2-5,14,16,18-19,22H,6-13H2,1H3;5-6,10-11H,1H2,2-4H3;2H,1H3/b;6-5-,9-8-;. The van der Waals surface area contributed by atoms with Crippen LogP contribution >= 0.6 is 11.9 Å². The van der Waals surface area contributed by atoms with Crippen LogP contribution in [0.25, 0.3) is 0 Å². The number of rotatable bonds is 14. The van der Waals surface area contributed by atoms with Gasteiger partial charge in [0.15, 0.2) is 5.62 Å². The van der Waals surface area contributed by atoms with Crippen molar-refractivity contribution >= 4 is 33.3 Å². The van der Waals surface area contributed by atoms with Crippen molar-refractivity contribution in [2.75, 3.05) is 58.2 Å². The molecule has 1 heterocycles. The fourth-order valence-electron chi connectivity index (χ4n) is 3.67. The van der Waals surface area contributed by atoms with E-state index in [9.17, 15) is 18.3 Å². The highest BCUT2D eigenvalue weighted by atomic mass is 32.2. The summed E-state index contributed by atoms with van der Waals surface area (Å²) in [6.45, 7) is 11.2. The average molecular weight is 602 g/mol. The van der Waals surface area contributed by atoms with E-state index in [4.69, 9.17) is 10.2 Å². The Morgan fingerprint density at radius 3 is 2.25 bits per heavy atom. The molecular formula is C27H47N5O6S2. The van der Waals surface area contributed by atoms with Crippen LogP contribution in [0.2, 0.25) is 0 Å². The smallest absolute Gasteiger partial charge is 0.229 e. The zero-order chi connectivity index (χ0) is 30.6. The van der Waals surface area contributed by atoms with Gasteiger partial charge < -0.3 is 30.9 Å². The van der Waals surface area contributed by atoms with Crippen LogP contribution in [0, 0.1) is 0 Å². The quantitative estimate of drug-likeness (QED) is 0.0611. The zero-order valence-electron chi connectivity index (χ0n) is 24.3. The minimum atomic E-state index is -3.33. The first kappa shape index (κ1) is 37.6. The number of allylic oxidation sites excluding steroid dienone is 4. The van der Waals surface area contributed by atoms with Gasteiger partial charge >= 0.3 is 0 Å². The maximum atomic E-state index is 10.8.